The summed E-state index contributed by atoms with van der Waals surface area (Å²) in [6.45, 7) is 3.98. The van der Waals surface area contributed by atoms with Gasteiger partial charge >= 0.3 is 0 Å². The number of hydrogen-bond acceptors (Lipinski definition) is 2. The Hall–Kier alpha value is -1.50. The molecule has 0 aromatic heterocycles. The summed E-state index contributed by atoms with van der Waals surface area (Å²) < 4.78 is 0. The Kier molecular flexibility index (Phi) is 4.36. The summed E-state index contributed by atoms with van der Waals surface area (Å²) in [7, 11) is 0. The van der Waals surface area contributed by atoms with Gasteiger partial charge in [-0.15, -0.1) is 12.3 Å². The van der Waals surface area contributed by atoms with Gasteiger partial charge < -0.3 is 10.2 Å². The maximum Gasteiger partial charge on any atom is 0.243 e. The lowest BCUT2D eigenvalue weighted by molar-refractivity contribution is -0.148. The van der Waals surface area contributed by atoms with Crippen LogP contribution in [0.1, 0.15) is 33.1 Å². The van der Waals surface area contributed by atoms with Gasteiger partial charge in [0.15, 0.2) is 0 Å². The van der Waals surface area contributed by atoms with E-state index in [0.717, 1.165) is 6.42 Å². The molecule has 2 unspecified atom stereocenters. The lowest BCUT2D eigenvalue weighted by Crippen LogP contribution is -2.61. The van der Waals surface area contributed by atoms with Crippen LogP contribution < -0.4 is 5.32 Å². The third kappa shape index (κ3) is 2.35. The molecule has 1 aliphatic rings. The molecule has 0 aromatic carbocycles. The van der Waals surface area contributed by atoms with E-state index in [1.165, 1.54) is 0 Å². The van der Waals surface area contributed by atoms with Crippen molar-refractivity contribution in [3.63, 3.8) is 0 Å². The molecule has 1 aliphatic heterocycles. The molecule has 1 saturated heterocycles. The van der Waals surface area contributed by atoms with E-state index in [1.807, 2.05) is 13.8 Å². The zero-order valence-corrected chi connectivity index (χ0v) is 9.82. The fraction of sp³-hybridized carbons (Fsp3) is 0.667. The highest BCUT2D eigenvalue weighted by Crippen LogP contribution is 2.17. The number of carbonyl (C=O) groups excluding carboxylic acids is 2. The lowest BCUT2D eigenvalue weighted by Gasteiger charge is -2.39. The minimum atomic E-state index is -0.362. The summed E-state index contributed by atoms with van der Waals surface area (Å²) in [6, 6.07) is -0.381. The van der Waals surface area contributed by atoms with Crippen LogP contribution in [-0.4, -0.2) is 35.3 Å². The molecule has 1 N–H and O–H groups in total. The van der Waals surface area contributed by atoms with Crippen LogP contribution in [0.5, 0.6) is 0 Å². The second-order valence-corrected chi connectivity index (χ2v) is 3.91. The van der Waals surface area contributed by atoms with Crippen LogP contribution in [0.25, 0.3) is 0 Å². The van der Waals surface area contributed by atoms with Crippen LogP contribution in [0.3, 0.4) is 0 Å². The highest BCUT2D eigenvalue weighted by Gasteiger charge is 2.36. The van der Waals surface area contributed by atoms with Gasteiger partial charge in [-0.3, -0.25) is 9.59 Å². The van der Waals surface area contributed by atoms with Crippen LogP contribution in [0.2, 0.25) is 0 Å². The molecule has 4 heteroatoms. The number of terminal acetylenes is 1. The molecule has 0 aliphatic carbocycles. The first-order valence-electron chi connectivity index (χ1n) is 5.68. The Morgan fingerprint density at radius 2 is 2.25 bits per heavy atom. The van der Waals surface area contributed by atoms with Gasteiger partial charge in [-0.05, 0) is 12.8 Å². The van der Waals surface area contributed by atoms with E-state index >= 15 is 0 Å². The molecular formula is C12H18N2O2. The van der Waals surface area contributed by atoms with E-state index < -0.39 is 0 Å². The van der Waals surface area contributed by atoms with Crippen LogP contribution in [0, 0.1) is 12.3 Å². The maximum atomic E-state index is 11.8. The molecule has 1 fully saturated rings. The zero-order valence-electron chi connectivity index (χ0n) is 9.82. The number of piperazine rings is 1. The van der Waals surface area contributed by atoms with Crippen molar-refractivity contribution < 1.29 is 9.59 Å². The van der Waals surface area contributed by atoms with Crippen molar-refractivity contribution in [2.24, 2.45) is 0 Å². The Morgan fingerprint density at radius 3 is 2.75 bits per heavy atom. The molecule has 0 saturated carbocycles. The standard InChI is InChI=1S/C12H18N2O2/c1-4-7-9(5-2)14-10(6-3)12(16)13-8-11(14)15/h1,9-10H,5-8H2,2-3H3,(H,13,16). The van der Waals surface area contributed by atoms with Crippen LogP contribution >= 0.6 is 0 Å². The van der Waals surface area contributed by atoms with Crippen molar-refractivity contribution >= 4 is 11.8 Å². The maximum absolute atomic E-state index is 11.8. The molecule has 1 heterocycles. The van der Waals surface area contributed by atoms with Gasteiger partial charge in [0.1, 0.15) is 6.04 Å². The van der Waals surface area contributed by atoms with E-state index in [-0.39, 0.29) is 30.4 Å². The van der Waals surface area contributed by atoms with Crippen molar-refractivity contribution in [2.45, 2.75) is 45.2 Å². The minimum Gasteiger partial charge on any atom is -0.345 e. The summed E-state index contributed by atoms with van der Waals surface area (Å²) in [5, 5.41) is 2.60. The molecule has 16 heavy (non-hydrogen) atoms. The van der Waals surface area contributed by atoms with E-state index in [9.17, 15) is 9.59 Å². The quantitative estimate of drug-likeness (QED) is 0.705. The predicted molar refractivity (Wildman–Crippen MR) is 61.5 cm³/mol. The fourth-order valence-corrected chi connectivity index (χ4v) is 2.09. The number of nitrogens with one attached hydrogen (secondary N) is 1. The molecule has 0 spiro atoms. The van der Waals surface area contributed by atoms with Gasteiger partial charge in [-0.1, -0.05) is 13.8 Å². The molecule has 2 atom stereocenters. The van der Waals surface area contributed by atoms with Gasteiger partial charge in [-0.25, -0.2) is 0 Å². The Bertz CT molecular complexity index is 319. The average Bonchev–Trinajstić information content (AvgIpc) is 2.29. The van der Waals surface area contributed by atoms with Gasteiger partial charge in [-0.2, -0.15) is 0 Å². The number of rotatable bonds is 4. The lowest BCUT2D eigenvalue weighted by atomic mass is 10.0. The normalized spacial score (nSPS) is 22.6. The molecule has 0 bridgehead atoms. The number of amides is 2. The summed E-state index contributed by atoms with van der Waals surface area (Å²) in [6.07, 6.45) is 7.20. The van der Waals surface area contributed by atoms with E-state index in [1.54, 1.807) is 4.90 Å². The summed E-state index contributed by atoms with van der Waals surface area (Å²) >= 11 is 0. The molecule has 88 valence electrons. The van der Waals surface area contributed by atoms with E-state index in [4.69, 9.17) is 6.42 Å². The average molecular weight is 222 g/mol. The highest BCUT2D eigenvalue weighted by molar-refractivity contribution is 5.94. The first-order chi connectivity index (χ1) is 7.65. The first-order valence-corrected chi connectivity index (χ1v) is 5.68. The Morgan fingerprint density at radius 1 is 1.56 bits per heavy atom. The van der Waals surface area contributed by atoms with E-state index in [2.05, 4.69) is 11.2 Å². The fourth-order valence-electron chi connectivity index (χ4n) is 2.09. The largest absolute Gasteiger partial charge is 0.345 e. The van der Waals surface area contributed by atoms with Gasteiger partial charge in [0.25, 0.3) is 0 Å². The predicted octanol–water partition coefficient (Wildman–Crippen LogP) is 0.525. The second-order valence-electron chi connectivity index (χ2n) is 3.91. The molecule has 0 aromatic rings. The molecule has 4 nitrogen and oxygen atoms in total. The van der Waals surface area contributed by atoms with Crippen molar-refractivity contribution in [3.05, 3.63) is 0 Å². The second kappa shape index (κ2) is 5.55. The van der Waals surface area contributed by atoms with Crippen LogP contribution in [0.15, 0.2) is 0 Å². The summed E-state index contributed by atoms with van der Waals surface area (Å²) in [5.41, 5.74) is 0. The SMILES string of the molecule is C#CCC(CC)N1C(=O)CNC(=O)C1CC. The van der Waals surface area contributed by atoms with Crippen molar-refractivity contribution in [3.8, 4) is 12.3 Å². The van der Waals surface area contributed by atoms with Crippen molar-refractivity contribution in [2.75, 3.05) is 6.54 Å². The first kappa shape index (κ1) is 12.6. The third-order valence-electron chi connectivity index (χ3n) is 2.95. The molecule has 1 rings (SSSR count). The number of nitrogens with zero attached hydrogens (tertiary/aromatic N) is 1. The minimum absolute atomic E-state index is 0.0199. The van der Waals surface area contributed by atoms with Crippen molar-refractivity contribution in [1.29, 1.82) is 0 Å². The van der Waals surface area contributed by atoms with Gasteiger partial charge in [0.2, 0.25) is 11.8 Å². The van der Waals surface area contributed by atoms with Crippen LogP contribution in [0.4, 0.5) is 0 Å². The van der Waals surface area contributed by atoms with Crippen molar-refractivity contribution in [1.82, 2.24) is 10.2 Å². The van der Waals surface area contributed by atoms with E-state index in [0.29, 0.717) is 12.8 Å². The molecular weight excluding hydrogens is 204 g/mol. The zero-order chi connectivity index (χ0) is 12.1. The highest BCUT2D eigenvalue weighted by atomic mass is 16.2. The Balaban J connectivity index is 2.90. The summed E-state index contributed by atoms with van der Waals surface area (Å²) in [4.78, 5) is 25.1. The van der Waals surface area contributed by atoms with Crippen LogP contribution in [-0.2, 0) is 9.59 Å². The molecule has 2 amide bonds. The van der Waals surface area contributed by atoms with Gasteiger partial charge in [0, 0.05) is 12.5 Å². The van der Waals surface area contributed by atoms with Gasteiger partial charge in [0.05, 0.1) is 6.54 Å². The number of hydrogen-bond donors (Lipinski definition) is 1. The third-order valence-corrected chi connectivity index (χ3v) is 2.95. The number of carbonyl (C=O) groups is 2. The summed E-state index contributed by atoms with van der Waals surface area (Å²) in [5.74, 6) is 2.47. The topological polar surface area (TPSA) is 49.4 Å². The smallest absolute Gasteiger partial charge is 0.243 e. The Labute approximate surface area is 96.4 Å². The monoisotopic (exact) mass is 222 g/mol. The molecule has 0 radical (unpaired) electrons.